The third-order valence-electron chi connectivity index (χ3n) is 3.78. The minimum Gasteiger partial charge on any atom is -0.382 e. The van der Waals surface area contributed by atoms with Crippen molar-refractivity contribution in [3.8, 4) is 0 Å². The first kappa shape index (κ1) is 14.2. The summed E-state index contributed by atoms with van der Waals surface area (Å²) in [6.07, 6.45) is 0.183. The van der Waals surface area contributed by atoms with Gasteiger partial charge >= 0.3 is 6.18 Å². The van der Waals surface area contributed by atoms with Gasteiger partial charge in [-0.3, -0.25) is 0 Å². The number of hydrogen-bond acceptors (Lipinski definition) is 2. The molecule has 1 aromatic carbocycles. The lowest BCUT2D eigenvalue weighted by Crippen LogP contribution is -2.36. The zero-order valence-electron chi connectivity index (χ0n) is 10.7. The molecule has 2 atom stereocenters. The molecule has 1 aliphatic rings. The molecule has 19 heavy (non-hydrogen) atoms. The fraction of sp³-hybridized carbons (Fsp3) is 0.571. The fourth-order valence-electron chi connectivity index (χ4n) is 2.65. The van der Waals surface area contributed by atoms with Crippen LogP contribution in [-0.2, 0) is 6.18 Å². The number of benzene rings is 1. The summed E-state index contributed by atoms with van der Waals surface area (Å²) >= 11 is 0. The zero-order chi connectivity index (χ0) is 13.9. The van der Waals surface area contributed by atoms with Crippen LogP contribution in [0.3, 0.4) is 0 Å². The minimum atomic E-state index is -4.27. The van der Waals surface area contributed by atoms with Gasteiger partial charge in [-0.05, 0) is 49.6 Å². The number of nitrogens with one attached hydrogen (secondary N) is 1. The molecule has 0 spiro atoms. The minimum absolute atomic E-state index is 0.274. The Bertz CT molecular complexity index is 400. The Balaban J connectivity index is 2.02. The first-order valence-electron chi connectivity index (χ1n) is 6.64. The molecule has 3 N–H and O–H groups in total. The van der Waals surface area contributed by atoms with E-state index < -0.39 is 11.7 Å². The smallest absolute Gasteiger partial charge is 0.382 e. The summed E-state index contributed by atoms with van der Waals surface area (Å²) in [5, 5.41) is 3.31. The molecule has 2 unspecified atom stereocenters. The van der Waals surface area contributed by atoms with Gasteiger partial charge in [-0.15, -0.1) is 0 Å². The summed E-state index contributed by atoms with van der Waals surface area (Å²) in [7, 11) is 0. The average molecular weight is 272 g/mol. The van der Waals surface area contributed by atoms with Gasteiger partial charge in [0.2, 0.25) is 0 Å². The van der Waals surface area contributed by atoms with Crippen molar-refractivity contribution in [1.82, 2.24) is 0 Å². The van der Waals surface area contributed by atoms with E-state index >= 15 is 0 Å². The monoisotopic (exact) mass is 272 g/mol. The molecule has 1 fully saturated rings. The van der Waals surface area contributed by atoms with Crippen LogP contribution in [0.15, 0.2) is 24.3 Å². The maximum Gasteiger partial charge on any atom is 0.416 e. The highest BCUT2D eigenvalue weighted by atomic mass is 19.4. The SMILES string of the molecule is NCC1CCCCC1Nc1ccc(C(F)(F)F)cc1. The second kappa shape index (κ2) is 5.82. The van der Waals surface area contributed by atoms with Crippen LogP contribution in [0.5, 0.6) is 0 Å². The van der Waals surface area contributed by atoms with E-state index in [4.69, 9.17) is 5.73 Å². The molecular formula is C14H19F3N2. The number of alkyl halides is 3. The lowest BCUT2D eigenvalue weighted by atomic mass is 9.84. The molecule has 0 bridgehead atoms. The van der Waals surface area contributed by atoms with Crippen LogP contribution >= 0.6 is 0 Å². The Hall–Kier alpha value is -1.23. The molecule has 2 nitrogen and oxygen atoms in total. The normalized spacial score (nSPS) is 24.2. The van der Waals surface area contributed by atoms with Gasteiger partial charge in [0.15, 0.2) is 0 Å². The summed E-state index contributed by atoms with van der Waals surface area (Å²) in [4.78, 5) is 0. The van der Waals surface area contributed by atoms with E-state index in [1.54, 1.807) is 0 Å². The van der Waals surface area contributed by atoms with E-state index in [0.29, 0.717) is 12.5 Å². The van der Waals surface area contributed by atoms with Gasteiger partial charge < -0.3 is 11.1 Å². The van der Waals surface area contributed by atoms with Crippen LogP contribution in [0.25, 0.3) is 0 Å². The Labute approximate surface area is 111 Å². The van der Waals surface area contributed by atoms with Crippen molar-refractivity contribution in [2.45, 2.75) is 37.9 Å². The maximum atomic E-state index is 12.5. The lowest BCUT2D eigenvalue weighted by Gasteiger charge is -2.32. The first-order chi connectivity index (χ1) is 9.00. The molecule has 1 aliphatic carbocycles. The highest BCUT2D eigenvalue weighted by Gasteiger charge is 2.30. The Kier molecular flexibility index (Phi) is 4.34. The Morgan fingerprint density at radius 1 is 1.11 bits per heavy atom. The van der Waals surface area contributed by atoms with E-state index in [2.05, 4.69) is 5.32 Å². The van der Waals surface area contributed by atoms with Gasteiger partial charge in [-0.1, -0.05) is 12.8 Å². The molecule has 0 aromatic heterocycles. The summed E-state index contributed by atoms with van der Waals surface area (Å²) in [6, 6.07) is 5.48. The van der Waals surface area contributed by atoms with Crippen LogP contribution in [-0.4, -0.2) is 12.6 Å². The average Bonchev–Trinajstić information content (AvgIpc) is 2.39. The van der Waals surface area contributed by atoms with E-state index in [1.165, 1.54) is 18.6 Å². The van der Waals surface area contributed by atoms with Crippen LogP contribution in [0.2, 0.25) is 0 Å². The number of hydrogen-bond donors (Lipinski definition) is 2. The lowest BCUT2D eigenvalue weighted by molar-refractivity contribution is -0.137. The van der Waals surface area contributed by atoms with Crippen molar-refractivity contribution in [2.75, 3.05) is 11.9 Å². The van der Waals surface area contributed by atoms with Gasteiger partial charge in [0, 0.05) is 11.7 Å². The quantitative estimate of drug-likeness (QED) is 0.881. The summed E-state index contributed by atoms with van der Waals surface area (Å²) in [5.41, 5.74) is 5.86. The van der Waals surface area contributed by atoms with Crippen molar-refractivity contribution in [1.29, 1.82) is 0 Å². The van der Waals surface area contributed by atoms with Crippen molar-refractivity contribution in [3.05, 3.63) is 29.8 Å². The van der Waals surface area contributed by atoms with Gasteiger partial charge in [-0.2, -0.15) is 13.2 Å². The van der Waals surface area contributed by atoms with Crippen LogP contribution in [0, 0.1) is 5.92 Å². The first-order valence-corrected chi connectivity index (χ1v) is 6.64. The number of halogens is 3. The summed E-state index contributed by atoms with van der Waals surface area (Å²) < 4.78 is 37.4. The van der Waals surface area contributed by atoms with Crippen molar-refractivity contribution >= 4 is 5.69 Å². The van der Waals surface area contributed by atoms with E-state index in [0.717, 1.165) is 37.1 Å². The second-order valence-corrected chi connectivity index (χ2v) is 5.11. The Morgan fingerprint density at radius 2 is 1.74 bits per heavy atom. The molecular weight excluding hydrogens is 253 g/mol. The molecule has 1 saturated carbocycles. The molecule has 0 radical (unpaired) electrons. The van der Waals surface area contributed by atoms with Crippen LogP contribution < -0.4 is 11.1 Å². The third kappa shape index (κ3) is 3.62. The molecule has 5 heteroatoms. The van der Waals surface area contributed by atoms with Crippen LogP contribution in [0.1, 0.15) is 31.2 Å². The van der Waals surface area contributed by atoms with Crippen molar-refractivity contribution in [3.63, 3.8) is 0 Å². The van der Waals surface area contributed by atoms with E-state index in [1.807, 2.05) is 0 Å². The predicted molar refractivity (Wildman–Crippen MR) is 69.9 cm³/mol. The maximum absolute atomic E-state index is 12.5. The summed E-state index contributed by atoms with van der Waals surface area (Å²) in [6.45, 7) is 0.623. The number of rotatable bonds is 3. The van der Waals surface area contributed by atoms with Gasteiger partial charge in [0.05, 0.1) is 5.56 Å². The van der Waals surface area contributed by atoms with Crippen LogP contribution in [0.4, 0.5) is 18.9 Å². The van der Waals surface area contributed by atoms with E-state index in [9.17, 15) is 13.2 Å². The molecule has 2 rings (SSSR count). The Morgan fingerprint density at radius 3 is 2.32 bits per heavy atom. The second-order valence-electron chi connectivity index (χ2n) is 5.11. The topological polar surface area (TPSA) is 38.0 Å². The molecule has 0 saturated heterocycles. The van der Waals surface area contributed by atoms with Crippen molar-refractivity contribution < 1.29 is 13.2 Å². The van der Waals surface area contributed by atoms with Gasteiger partial charge in [0.25, 0.3) is 0 Å². The number of anilines is 1. The highest BCUT2D eigenvalue weighted by Crippen LogP contribution is 2.31. The highest BCUT2D eigenvalue weighted by molar-refractivity contribution is 5.46. The van der Waals surface area contributed by atoms with E-state index in [-0.39, 0.29) is 6.04 Å². The van der Waals surface area contributed by atoms with Crippen molar-refractivity contribution in [2.24, 2.45) is 11.7 Å². The largest absolute Gasteiger partial charge is 0.416 e. The standard InChI is InChI=1S/C14H19F3N2/c15-14(16,17)11-5-7-12(8-6-11)19-13-4-2-1-3-10(13)9-18/h5-8,10,13,19H,1-4,9,18H2. The number of nitrogens with two attached hydrogens (primary N) is 1. The van der Waals surface area contributed by atoms with Gasteiger partial charge in [-0.25, -0.2) is 0 Å². The molecule has 1 aromatic rings. The molecule has 0 amide bonds. The third-order valence-corrected chi connectivity index (χ3v) is 3.78. The molecule has 0 aliphatic heterocycles. The molecule has 0 heterocycles. The zero-order valence-corrected chi connectivity index (χ0v) is 10.7. The van der Waals surface area contributed by atoms with Gasteiger partial charge in [0.1, 0.15) is 0 Å². The molecule has 106 valence electrons. The predicted octanol–water partition coefficient (Wildman–Crippen LogP) is 3.63. The fourth-order valence-corrected chi connectivity index (χ4v) is 2.65. The summed E-state index contributed by atoms with van der Waals surface area (Å²) in [5.74, 6) is 0.413.